The largest absolute Gasteiger partial charge is 0.481 e. The summed E-state index contributed by atoms with van der Waals surface area (Å²) in [6.45, 7) is 3.70. The summed E-state index contributed by atoms with van der Waals surface area (Å²) in [5.74, 6) is -2.93. The van der Waals surface area contributed by atoms with Crippen molar-refractivity contribution < 1.29 is 19.8 Å². The van der Waals surface area contributed by atoms with Crippen LogP contribution in [0.4, 0.5) is 0 Å². The van der Waals surface area contributed by atoms with Crippen LogP contribution < -0.4 is 0 Å². The third-order valence-electron chi connectivity index (χ3n) is 4.30. The molecule has 0 aromatic carbocycles. The Hall–Kier alpha value is -1.32. The first-order valence-corrected chi connectivity index (χ1v) is 5.59. The van der Waals surface area contributed by atoms with Crippen LogP contribution in [0.3, 0.4) is 0 Å². The SMILES string of the molecule is CC1C2C=CC(C(C)C2C(=O)O)C1C(=O)O. The standard InChI is InChI=1S/C12H16O4/c1-5-7-3-4-8(9(5)11(13)14)6(2)10(7)12(15)16/h3-10H,1-2H3,(H,13,14)(H,15,16). The minimum Gasteiger partial charge on any atom is -0.481 e. The molecule has 0 spiro atoms. The fourth-order valence-corrected chi connectivity index (χ4v) is 3.46. The van der Waals surface area contributed by atoms with Crippen LogP contribution in [-0.4, -0.2) is 22.2 Å². The Morgan fingerprint density at radius 1 is 0.875 bits per heavy atom. The molecule has 1 fully saturated rings. The monoisotopic (exact) mass is 224 g/mol. The Morgan fingerprint density at radius 2 is 1.19 bits per heavy atom. The van der Waals surface area contributed by atoms with Crippen molar-refractivity contribution in [2.24, 2.45) is 35.5 Å². The summed E-state index contributed by atoms with van der Waals surface area (Å²) in [6.07, 6.45) is 3.79. The van der Waals surface area contributed by atoms with Gasteiger partial charge in [-0.15, -0.1) is 0 Å². The highest BCUT2D eigenvalue weighted by atomic mass is 16.4. The zero-order chi connectivity index (χ0) is 12.0. The van der Waals surface area contributed by atoms with Gasteiger partial charge in [-0.25, -0.2) is 0 Å². The Balaban J connectivity index is 2.38. The van der Waals surface area contributed by atoms with E-state index < -0.39 is 23.8 Å². The second-order valence-electron chi connectivity index (χ2n) is 4.99. The van der Waals surface area contributed by atoms with Crippen molar-refractivity contribution >= 4 is 11.9 Å². The third kappa shape index (κ3) is 1.36. The fraction of sp³-hybridized carbons (Fsp3) is 0.667. The van der Waals surface area contributed by atoms with Crippen molar-refractivity contribution in [2.75, 3.05) is 0 Å². The van der Waals surface area contributed by atoms with Crippen LogP contribution in [0.5, 0.6) is 0 Å². The summed E-state index contributed by atoms with van der Waals surface area (Å²) in [5, 5.41) is 18.4. The summed E-state index contributed by atoms with van der Waals surface area (Å²) in [4.78, 5) is 22.4. The zero-order valence-electron chi connectivity index (χ0n) is 9.33. The van der Waals surface area contributed by atoms with E-state index >= 15 is 0 Å². The van der Waals surface area contributed by atoms with E-state index in [2.05, 4.69) is 0 Å². The van der Waals surface area contributed by atoms with Crippen molar-refractivity contribution in [3.63, 3.8) is 0 Å². The van der Waals surface area contributed by atoms with Gasteiger partial charge in [0.1, 0.15) is 0 Å². The van der Waals surface area contributed by atoms with Crippen molar-refractivity contribution in [3.05, 3.63) is 12.2 Å². The van der Waals surface area contributed by atoms with Gasteiger partial charge in [0.25, 0.3) is 0 Å². The smallest absolute Gasteiger partial charge is 0.307 e. The molecule has 0 amide bonds. The average Bonchev–Trinajstić information content (AvgIpc) is 2.18. The molecule has 0 aromatic heterocycles. The predicted molar refractivity (Wildman–Crippen MR) is 56.7 cm³/mol. The van der Waals surface area contributed by atoms with Gasteiger partial charge in [0, 0.05) is 0 Å². The molecule has 16 heavy (non-hydrogen) atoms. The molecule has 0 radical (unpaired) electrons. The van der Waals surface area contributed by atoms with Crippen molar-refractivity contribution in [2.45, 2.75) is 13.8 Å². The molecule has 88 valence electrons. The number of aliphatic carboxylic acids is 2. The Morgan fingerprint density at radius 3 is 1.44 bits per heavy atom. The molecule has 3 rings (SSSR count). The first-order valence-electron chi connectivity index (χ1n) is 5.59. The number of carboxylic acids is 2. The summed E-state index contributed by atoms with van der Waals surface area (Å²) < 4.78 is 0. The van der Waals surface area contributed by atoms with Gasteiger partial charge in [-0.1, -0.05) is 26.0 Å². The number of hydrogen-bond donors (Lipinski definition) is 2. The molecule has 0 aliphatic heterocycles. The van der Waals surface area contributed by atoms with Gasteiger partial charge in [0.05, 0.1) is 11.8 Å². The van der Waals surface area contributed by atoms with Crippen LogP contribution in [0.15, 0.2) is 12.2 Å². The predicted octanol–water partition coefficient (Wildman–Crippen LogP) is 1.48. The van der Waals surface area contributed by atoms with Gasteiger partial charge in [-0.05, 0) is 23.7 Å². The molecule has 1 saturated carbocycles. The maximum absolute atomic E-state index is 11.2. The molecular formula is C12H16O4. The van der Waals surface area contributed by atoms with Gasteiger partial charge in [-0.3, -0.25) is 9.59 Å². The average molecular weight is 224 g/mol. The Bertz CT molecular complexity index is 326. The zero-order valence-corrected chi connectivity index (χ0v) is 9.33. The van der Waals surface area contributed by atoms with Gasteiger partial charge in [0.2, 0.25) is 0 Å². The molecule has 4 nitrogen and oxygen atoms in total. The highest BCUT2D eigenvalue weighted by Gasteiger charge is 2.53. The fourth-order valence-electron chi connectivity index (χ4n) is 3.46. The van der Waals surface area contributed by atoms with Crippen molar-refractivity contribution in [1.29, 1.82) is 0 Å². The maximum Gasteiger partial charge on any atom is 0.307 e. The van der Waals surface area contributed by atoms with Crippen LogP contribution in [0, 0.1) is 35.5 Å². The number of hydrogen-bond acceptors (Lipinski definition) is 2. The number of allylic oxidation sites excluding steroid dienone is 2. The second kappa shape index (κ2) is 3.61. The number of carbonyl (C=O) groups is 2. The van der Waals surface area contributed by atoms with E-state index in [9.17, 15) is 19.8 Å². The van der Waals surface area contributed by atoms with E-state index in [1.807, 2.05) is 26.0 Å². The molecule has 0 aromatic rings. The summed E-state index contributed by atoms with van der Waals surface area (Å²) in [6, 6.07) is 0. The lowest BCUT2D eigenvalue weighted by molar-refractivity contribution is -0.160. The van der Waals surface area contributed by atoms with Gasteiger partial charge in [0.15, 0.2) is 0 Å². The number of rotatable bonds is 2. The van der Waals surface area contributed by atoms with Crippen molar-refractivity contribution in [1.82, 2.24) is 0 Å². The van der Waals surface area contributed by atoms with Crippen LogP contribution in [-0.2, 0) is 9.59 Å². The topological polar surface area (TPSA) is 74.6 Å². The van der Waals surface area contributed by atoms with Crippen LogP contribution in [0.25, 0.3) is 0 Å². The van der Waals surface area contributed by atoms with Crippen LogP contribution in [0.2, 0.25) is 0 Å². The van der Waals surface area contributed by atoms with E-state index in [-0.39, 0.29) is 23.7 Å². The summed E-state index contributed by atoms with van der Waals surface area (Å²) >= 11 is 0. The van der Waals surface area contributed by atoms with Crippen LogP contribution >= 0.6 is 0 Å². The molecule has 3 aliphatic carbocycles. The van der Waals surface area contributed by atoms with E-state index in [1.165, 1.54) is 0 Å². The van der Waals surface area contributed by atoms with Gasteiger partial charge < -0.3 is 10.2 Å². The molecule has 2 N–H and O–H groups in total. The number of carboxylic acid groups (broad SMARTS) is 2. The van der Waals surface area contributed by atoms with E-state index in [0.29, 0.717) is 0 Å². The van der Waals surface area contributed by atoms with Crippen molar-refractivity contribution in [3.8, 4) is 0 Å². The Kier molecular flexibility index (Phi) is 2.52. The lowest BCUT2D eigenvalue weighted by atomic mass is 9.54. The molecule has 6 unspecified atom stereocenters. The minimum atomic E-state index is -0.803. The molecule has 0 saturated heterocycles. The molecule has 4 heteroatoms. The summed E-state index contributed by atoms with van der Waals surface area (Å²) in [5.41, 5.74) is 0. The van der Waals surface area contributed by atoms with Gasteiger partial charge in [-0.2, -0.15) is 0 Å². The van der Waals surface area contributed by atoms with Gasteiger partial charge >= 0.3 is 11.9 Å². The molecule has 0 heterocycles. The molecule has 3 aliphatic rings. The molecule has 6 atom stereocenters. The normalized spacial score (nSPS) is 45.6. The quantitative estimate of drug-likeness (QED) is 0.696. The maximum atomic E-state index is 11.2. The summed E-state index contributed by atoms with van der Waals surface area (Å²) in [7, 11) is 0. The first kappa shape index (κ1) is 11.2. The van der Waals surface area contributed by atoms with E-state index in [0.717, 1.165) is 0 Å². The third-order valence-corrected chi connectivity index (χ3v) is 4.30. The van der Waals surface area contributed by atoms with E-state index in [1.54, 1.807) is 0 Å². The second-order valence-corrected chi connectivity index (χ2v) is 4.99. The minimum absolute atomic E-state index is 0.0928. The highest BCUT2D eigenvalue weighted by molar-refractivity contribution is 5.75. The molecular weight excluding hydrogens is 208 g/mol. The number of fused-ring (bicyclic) bond motifs is 2. The molecule has 2 bridgehead atoms. The lowest BCUT2D eigenvalue weighted by Gasteiger charge is -2.48. The Labute approximate surface area is 94.0 Å². The highest BCUT2D eigenvalue weighted by Crippen LogP contribution is 2.51. The first-order chi connectivity index (χ1) is 7.45. The van der Waals surface area contributed by atoms with E-state index in [4.69, 9.17) is 0 Å². The lowest BCUT2D eigenvalue weighted by Crippen LogP contribution is -2.51. The van der Waals surface area contributed by atoms with Crippen LogP contribution in [0.1, 0.15) is 13.8 Å².